The van der Waals surface area contributed by atoms with Crippen LogP contribution >= 0.6 is 0 Å². The van der Waals surface area contributed by atoms with Gasteiger partial charge in [-0.3, -0.25) is 4.98 Å². The Kier molecular flexibility index (Phi) is 5.31. The summed E-state index contributed by atoms with van der Waals surface area (Å²) < 4.78 is 43.6. The number of fused-ring (bicyclic) bond motifs is 1. The summed E-state index contributed by atoms with van der Waals surface area (Å²) in [7, 11) is 2.34. The van der Waals surface area contributed by atoms with E-state index in [4.69, 9.17) is 23.5 Å². The van der Waals surface area contributed by atoms with Crippen molar-refractivity contribution in [2.24, 2.45) is 0 Å². The molecule has 1 aliphatic heterocycles. The van der Waals surface area contributed by atoms with Gasteiger partial charge < -0.3 is 23.5 Å². The molecule has 0 radical (unpaired) electrons. The lowest BCUT2D eigenvalue weighted by molar-refractivity contribution is 0.00578. The highest BCUT2D eigenvalue weighted by Crippen LogP contribution is 2.38. The van der Waals surface area contributed by atoms with Crippen molar-refractivity contribution in [2.75, 3.05) is 14.2 Å². The molecule has 0 spiro atoms. The standard InChI is InChI=1S/C23H25BFNO5/c1-22(2)23(3,4)31-24(30-22)16-8-7-14(11-17(16)25)29-19-9-10-26-18-13-21(28-6)20(27-5)12-15(18)19/h7-13H,1-6H3. The molecule has 6 nitrogen and oxygen atoms in total. The number of benzene rings is 2. The average molecular weight is 425 g/mol. The molecule has 0 saturated carbocycles. The van der Waals surface area contributed by atoms with Crippen molar-refractivity contribution in [1.29, 1.82) is 0 Å². The molecule has 1 fully saturated rings. The first-order valence-corrected chi connectivity index (χ1v) is 9.99. The molecular formula is C23H25BFNO5. The molecule has 0 atom stereocenters. The van der Waals surface area contributed by atoms with Gasteiger partial charge in [0.15, 0.2) is 11.5 Å². The van der Waals surface area contributed by atoms with Crippen molar-refractivity contribution in [1.82, 2.24) is 4.98 Å². The summed E-state index contributed by atoms with van der Waals surface area (Å²) in [5.41, 5.74) is -0.0912. The molecule has 0 N–H and O–H groups in total. The lowest BCUT2D eigenvalue weighted by Gasteiger charge is -2.32. The number of halogens is 1. The van der Waals surface area contributed by atoms with Crippen LogP contribution in [-0.2, 0) is 9.31 Å². The van der Waals surface area contributed by atoms with E-state index in [9.17, 15) is 4.39 Å². The molecule has 2 heterocycles. The predicted octanol–water partition coefficient (Wildman–Crippen LogP) is 4.48. The van der Waals surface area contributed by atoms with Crippen LogP contribution in [0.15, 0.2) is 42.6 Å². The number of rotatable bonds is 5. The molecule has 1 aromatic heterocycles. The fourth-order valence-corrected chi connectivity index (χ4v) is 3.40. The Morgan fingerprint density at radius 2 is 1.52 bits per heavy atom. The van der Waals surface area contributed by atoms with Crippen LogP contribution in [0.2, 0.25) is 0 Å². The van der Waals surface area contributed by atoms with E-state index in [1.165, 1.54) is 6.07 Å². The van der Waals surface area contributed by atoms with Crippen molar-refractivity contribution in [2.45, 2.75) is 38.9 Å². The first-order chi connectivity index (χ1) is 14.6. The monoisotopic (exact) mass is 425 g/mol. The maximum Gasteiger partial charge on any atom is 0.497 e. The highest BCUT2D eigenvalue weighted by molar-refractivity contribution is 6.62. The Bertz CT molecular complexity index is 1120. The van der Waals surface area contributed by atoms with Crippen LogP contribution in [0.5, 0.6) is 23.0 Å². The topological polar surface area (TPSA) is 59.0 Å². The SMILES string of the molecule is COc1cc2nccc(Oc3ccc(B4OC(C)(C)C(C)(C)O4)c(F)c3)c2cc1OC. The lowest BCUT2D eigenvalue weighted by Crippen LogP contribution is -2.41. The van der Waals surface area contributed by atoms with Crippen molar-refractivity contribution in [3.8, 4) is 23.0 Å². The minimum absolute atomic E-state index is 0.331. The molecule has 2 aromatic carbocycles. The van der Waals surface area contributed by atoms with Crippen molar-refractivity contribution < 1.29 is 27.9 Å². The summed E-state index contributed by atoms with van der Waals surface area (Å²) in [6, 6.07) is 9.91. The third kappa shape index (κ3) is 3.81. The molecule has 0 unspecified atom stereocenters. The summed E-state index contributed by atoms with van der Waals surface area (Å²) in [6.45, 7) is 7.72. The third-order valence-electron chi connectivity index (χ3n) is 5.91. The van der Waals surface area contributed by atoms with E-state index in [1.807, 2.05) is 27.7 Å². The van der Waals surface area contributed by atoms with Gasteiger partial charge in [-0.1, -0.05) is 6.07 Å². The fraction of sp³-hybridized carbons (Fsp3) is 0.348. The van der Waals surface area contributed by atoms with E-state index in [0.29, 0.717) is 34.0 Å². The molecule has 4 rings (SSSR count). The average Bonchev–Trinajstić information content (AvgIpc) is 2.94. The summed E-state index contributed by atoms with van der Waals surface area (Å²) in [5.74, 6) is 1.52. The smallest absolute Gasteiger partial charge is 0.493 e. The van der Waals surface area contributed by atoms with Gasteiger partial charge in [0, 0.05) is 29.2 Å². The molecule has 3 aromatic rings. The number of hydrogen-bond acceptors (Lipinski definition) is 6. The molecule has 8 heteroatoms. The first kappa shape index (κ1) is 21.4. The van der Waals surface area contributed by atoms with E-state index in [0.717, 1.165) is 5.39 Å². The second-order valence-corrected chi connectivity index (χ2v) is 8.41. The van der Waals surface area contributed by atoms with Crippen LogP contribution < -0.4 is 19.7 Å². The number of methoxy groups -OCH3 is 2. The molecular weight excluding hydrogens is 400 g/mol. The predicted molar refractivity (Wildman–Crippen MR) is 117 cm³/mol. The Labute approximate surface area is 181 Å². The van der Waals surface area contributed by atoms with Crippen LogP contribution in [0.4, 0.5) is 4.39 Å². The van der Waals surface area contributed by atoms with Gasteiger partial charge in [0.25, 0.3) is 0 Å². The van der Waals surface area contributed by atoms with Gasteiger partial charge in [0.2, 0.25) is 0 Å². The summed E-state index contributed by atoms with van der Waals surface area (Å²) in [5, 5.41) is 0.718. The van der Waals surface area contributed by atoms with Gasteiger partial charge in [-0.05, 0) is 45.9 Å². The third-order valence-corrected chi connectivity index (χ3v) is 5.91. The number of ether oxygens (including phenoxy) is 3. The van der Waals surface area contributed by atoms with E-state index < -0.39 is 24.1 Å². The van der Waals surface area contributed by atoms with E-state index >= 15 is 0 Å². The van der Waals surface area contributed by atoms with Crippen molar-refractivity contribution in [3.63, 3.8) is 0 Å². The van der Waals surface area contributed by atoms with Crippen LogP contribution in [0.25, 0.3) is 10.9 Å². The number of pyridine rings is 1. The Balaban J connectivity index is 1.64. The number of nitrogens with zero attached hydrogens (tertiary/aromatic N) is 1. The van der Waals surface area contributed by atoms with Gasteiger partial charge in [0.1, 0.15) is 17.3 Å². The molecule has 31 heavy (non-hydrogen) atoms. The van der Waals surface area contributed by atoms with Gasteiger partial charge in [-0.15, -0.1) is 0 Å². The molecule has 1 aliphatic rings. The second-order valence-electron chi connectivity index (χ2n) is 8.41. The zero-order chi connectivity index (χ0) is 22.4. The normalized spacial score (nSPS) is 17.1. The van der Waals surface area contributed by atoms with Gasteiger partial charge in [-0.25, -0.2) is 4.39 Å². The molecule has 1 saturated heterocycles. The quantitative estimate of drug-likeness (QED) is 0.562. The lowest BCUT2D eigenvalue weighted by atomic mass is 9.78. The maximum atomic E-state index is 15.0. The van der Waals surface area contributed by atoms with Crippen LogP contribution in [0.3, 0.4) is 0 Å². The summed E-state index contributed by atoms with van der Waals surface area (Å²) in [6.07, 6.45) is 1.62. The summed E-state index contributed by atoms with van der Waals surface area (Å²) >= 11 is 0. The van der Waals surface area contributed by atoms with Gasteiger partial charge >= 0.3 is 7.12 Å². The molecule has 162 valence electrons. The Morgan fingerprint density at radius 3 is 2.13 bits per heavy atom. The zero-order valence-corrected chi connectivity index (χ0v) is 18.5. The van der Waals surface area contributed by atoms with Crippen LogP contribution in [0, 0.1) is 5.82 Å². The molecule has 0 bridgehead atoms. The van der Waals surface area contributed by atoms with Crippen LogP contribution in [0.1, 0.15) is 27.7 Å². The van der Waals surface area contributed by atoms with E-state index in [2.05, 4.69) is 4.98 Å². The van der Waals surface area contributed by atoms with Crippen molar-refractivity contribution in [3.05, 3.63) is 48.4 Å². The second kappa shape index (κ2) is 7.69. The van der Waals surface area contributed by atoms with Gasteiger partial charge in [-0.2, -0.15) is 0 Å². The zero-order valence-electron chi connectivity index (χ0n) is 18.5. The largest absolute Gasteiger partial charge is 0.497 e. The minimum atomic E-state index is -0.780. The number of aromatic nitrogens is 1. The van der Waals surface area contributed by atoms with Crippen molar-refractivity contribution >= 4 is 23.5 Å². The highest BCUT2D eigenvalue weighted by atomic mass is 19.1. The Morgan fingerprint density at radius 1 is 0.871 bits per heavy atom. The summed E-state index contributed by atoms with van der Waals surface area (Å²) in [4.78, 5) is 4.36. The fourth-order valence-electron chi connectivity index (χ4n) is 3.40. The minimum Gasteiger partial charge on any atom is -0.493 e. The van der Waals surface area contributed by atoms with E-state index in [1.54, 1.807) is 50.7 Å². The maximum absolute atomic E-state index is 15.0. The van der Waals surface area contributed by atoms with Crippen LogP contribution in [-0.4, -0.2) is 37.5 Å². The van der Waals surface area contributed by atoms with Gasteiger partial charge in [0.05, 0.1) is 30.9 Å². The highest BCUT2D eigenvalue weighted by Gasteiger charge is 2.52. The van der Waals surface area contributed by atoms with E-state index in [-0.39, 0.29) is 0 Å². The Hall–Kier alpha value is -2.84. The molecule has 0 aliphatic carbocycles. The number of hydrogen-bond donors (Lipinski definition) is 0. The first-order valence-electron chi connectivity index (χ1n) is 9.99. The molecule has 0 amide bonds.